The molecule has 2 nitrogen and oxygen atoms in total. The molecular weight excluding hydrogens is 220 g/mol. The van der Waals surface area contributed by atoms with Crippen molar-refractivity contribution in [1.29, 1.82) is 5.26 Å². The van der Waals surface area contributed by atoms with Crippen molar-refractivity contribution in [2.75, 3.05) is 20.1 Å². The number of rotatable bonds is 1. The summed E-state index contributed by atoms with van der Waals surface area (Å²) in [5.41, 5.74) is 4.85. The molecule has 0 unspecified atom stereocenters. The van der Waals surface area contributed by atoms with Gasteiger partial charge in [0.15, 0.2) is 0 Å². The second-order valence-electron chi connectivity index (χ2n) is 5.77. The van der Waals surface area contributed by atoms with Crippen LogP contribution in [-0.4, -0.2) is 25.0 Å². The van der Waals surface area contributed by atoms with Gasteiger partial charge in [-0.1, -0.05) is 17.7 Å². The van der Waals surface area contributed by atoms with E-state index in [4.69, 9.17) is 0 Å². The van der Waals surface area contributed by atoms with Crippen LogP contribution in [0.1, 0.15) is 35.1 Å². The summed E-state index contributed by atoms with van der Waals surface area (Å²) in [6.07, 6.45) is 1.90. The lowest BCUT2D eigenvalue weighted by Gasteiger charge is -2.37. The van der Waals surface area contributed by atoms with Gasteiger partial charge >= 0.3 is 0 Å². The highest BCUT2D eigenvalue weighted by Crippen LogP contribution is 2.38. The van der Waals surface area contributed by atoms with Gasteiger partial charge in [0.05, 0.1) is 11.5 Å². The lowest BCUT2D eigenvalue weighted by atomic mass is 9.70. The summed E-state index contributed by atoms with van der Waals surface area (Å²) < 4.78 is 0. The summed E-state index contributed by atoms with van der Waals surface area (Å²) in [6, 6.07) is 7.04. The largest absolute Gasteiger partial charge is 0.306 e. The number of aryl methyl sites for hydroxylation is 3. The number of piperidine rings is 1. The van der Waals surface area contributed by atoms with Gasteiger partial charge in [0.2, 0.25) is 0 Å². The summed E-state index contributed by atoms with van der Waals surface area (Å²) in [5, 5.41) is 9.73. The maximum atomic E-state index is 9.73. The Balaban J connectivity index is 2.49. The predicted molar refractivity (Wildman–Crippen MR) is 74.7 cm³/mol. The Kier molecular flexibility index (Phi) is 3.45. The lowest BCUT2D eigenvalue weighted by molar-refractivity contribution is 0.221. The van der Waals surface area contributed by atoms with Gasteiger partial charge in [-0.2, -0.15) is 5.26 Å². The zero-order valence-electron chi connectivity index (χ0n) is 11.9. The highest BCUT2D eigenvalue weighted by Gasteiger charge is 2.37. The van der Waals surface area contributed by atoms with Crippen LogP contribution in [0, 0.1) is 32.1 Å². The quantitative estimate of drug-likeness (QED) is 0.756. The normalized spacial score (nSPS) is 19.5. The second-order valence-corrected chi connectivity index (χ2v) is 5.77. The van der Waals surface area contributed by atoms with E-state index in [1.165, 1.54) is 22.3 Å². The fourth-order valence-corrected chi connectivity index (χ4v) is 3.35. The molecule has 1 aliphatic heterocycles. The first-order valence-corrected chi connectivity index (χ1v) is 6.67. The first kappa shape index (κ1) is 13.1. The Labute approximate surface area is 110 Å². The number of hydrogen-bond acceptors (Lipinski definition) is 2. The lowest BCUT2D eigenvalue weighted by Crippen LogP contribution is -2.40. The van der Waals surface area contributed by atoms with E-state index in [0.29, 0.717) is 0 Å². The fraction of sp³-hybridized carbons (Fsp3) is 0.562. The number of hydrogen-bond donors (Lipinski definition) is 0. The van der Waals surface area contributed by atoms with Gasteiger partial charge < -0.3 is 4.90 Å². The maximum Gasteiger partial charge on any atom is 0.0851 e. The van der Waals surface area contributed by atoms with Crippen molar-refractivity contribution in [3.05, 3.63) is 34.4 Å². The van der Waals surface area contributed by atoms with Crippen LogP contribution in [-0.2, 0) is 5.41 Å². The molecule has 1 heterocycles. The van der Waals surface area contributed by atoms with Crippen LogP contribution in [0.5, 0.6) is 0 Å². The molecule has 0 saturated carbocycles. The van der Waals surface area contributed by atoms with E-state index in [1.807, 2.05) is 0 Å². The van der Waals surface area contributed by atoms with E-state index < -0.39 is 0 Å². The van der Waals surface area contributed by atoms with Crippen molar-refractivity contribution in [3.8, 4) is 6.07 Å². The zero-order chi connectivity index (χ0) is 13.3. The summed E-state index contributed by atoms with van der Waals surface area (Å²) in [5.74, 6) is 0. The van der Waals surface area contributed by atoms with Crippen LogP contribution in [0.3, 0.4) is 0 Å². The molecule has 1 saturated heterocycles. The maximum absolute atomic E-state index is 9.73. The molecule has 18 heavy (non-hydrogen) atoms. The molecule has 0 N–H and O–H groups in total. The minimum atomic E-state index is -0.269. The van der Waals surface area contributed by atoms with E-state index in [1.54, 1.807) is 0 Å². The fourth-order valence-electron chi connectivity index (χ4n) is 3.35. The summed E-state index contributed by atoms with van der Waals surface area (Å²) in [4.78, 5) is 2.31. The zero-order valence-corrected chi connectivity index (χ0v) is 11.9. The van der Waals surface area contributed by atoms with Crippen LogP contribution < -0.4 is 0 Å². The van der Waals surface area contributed by atoms with Crippen LogP contribution in [0.2, 0.25) is 0 Å². The van der Waals surface area contributed by atoms with Crippen LogP contribution in [0.15, 0.2) is 12.1 Å². The molecule has 96 valence electrons. The van der Waals surface area contributed by atoms with E-state index >= 15 is 0 Å². The molecule has 1 aliphatic rings. The van der Waals surface area contributed by atoms with Gasteiger partial charge in [-0.3, -0.25) is 0 Å². The van der Waals surface area contributed by atoms with E-state index in [-0.39, 0.29) is 5.41 Å². The Morgan fingerprint density at radius 3 is 2.06 bits per heavy atom. The Hall–Kier alpha value is -1.33. The summed E-state index contributed by atoms with van der Waals surface area (Å²) >= 11 is 0. The van der Waals surface area contributed by atoms with E-state index in [2.05, 4.69) is 50.9 Å². The first-order chi connectivity index (χ1) is 8.48. The van der Waals surface area contributed by atoms with Gasteiger partial charge in [0.25, 0.3) is 0 Å². The second kappa shape index (κ2) is 4.74. The average Bonchev–Trinajstić information content (AvgIpc) is 2.30. The van der Waals surface area contributed by atoms with Gasteiger partial charge in [-0.15, -0.1) is 0 Å². The molecule has 0 bridgehead atoms. The van der Waals surface area contributed by atoms with E-state index in [0.717, 1.165) is 25.9 Å². The third-order valence-corrected chi connectivity index (χ3v) is 4.21. The predicted octanol–water partition coefficient (Wildman–Crippen LogP) is 3.10. The third-order valence-electron chi connectivity index (χ3n) is 4.21. The molecule has 0 radical (unpaired) electrons. The average molecular weight is 242 g/mol. The van der Waals surface area contributed by atoms with Crippen molar-refractivity contribution in [2.24, 2.45) is 0 Å². The molecule has 1 aromatic carbocycles. The molecule has 0 amide bonds. The van der Waals surface area contributed by atoms with Gasteiger partial charge in [-0.05, 0) is 70.4 Å². The van der Waals surface area contributed by atoms with Crippen LogP contribution >= 0.6 is 0 Å². The smallest absolute Gasteiger partial charge is 0.0851 e. The number of nitrogens with zero attached hydrogens (tertiary/aromatic N) is 2. The monoisotopic (exact) mass is 242 g/mol. The molecule has 0 aliphatic carbocycles. The third kappa shape index (κ3) is 2.15. The van der Waals surface area contributed by atoms with Gasteiger partial charge in [0, 0.05) is 0 Å². The van der Waals surface area contributed by atoms with E-state index in [9.17, 15) is 5.26 Å². The number of benzene rings is 1. The molecule has 0 aromatic heterocycles. The molecule has 1 aromatic rings. The summed E-state index contributed by atoms with van der Waals surface area (Å²) in [6.45, 7) is 8.44. The Bertz CT molecular complexity index is 465. The summed E-state index contributed by atoms with van der Waals surface area (Å²) in [7, 11) is 2.14. The molecule has 1 fully saturated rings. The van der Waals surface area contributed by atoms with Gasteiger partial charge in [-0.25, -0.2) is 0 Å². The molecular formula is C16H22N2. The highest BCUT2D eigenvalue weighted by molar-refractivity contribution is 5.46. The number of nitriles is 1. The molecule has 0 spiro atoms. The standard InChI is InChI=1S/C16H22N2/c1-12-9-13(2)15(14(3)10-12)16(11-17)5-7-18(4)8-6-16/h9-10H,5-8H2,1-4H3. The molecule has 2 rings (SSSR count). The highest BCUT2D eigenvalue weighted by atomic mass is 15.1. The van der Waals surface area contributed by atoms with Crippen molar-refractivity contribution >= 4 is 0 Å². The SMILES string of the molecule is Cc1cc(C)c(C2(C#N)CCN(C)CC2)c(C)c1. The van der Waals surface area contributed by atoms with Crippen molar-refractivity contribution in [2.45, 2.75) is 39.0 Å². The van der Waals surface area contributed by atoms with Crippen molar-refractivity contribution in [3.63, 3.8) is 0 Å². The molecule has 0 atom stereocenters. The minimum Gasteiger partial charge on any atom is -0.306 e. The molecule has 2 heteroatoms. The van der Waals surface area contributed by atoms with Gasteiger partial charge in [0.1, 0.15) is 0 Å². The van der Waals surface area contributed by atoms with Crippen LogP contribution in [0.25, 0.3) is 0 Å². The minimum absolute atomic E-state index is 0.269. The number of likely N-dealkylation sites (tertiary alicyclic amines) is 1. The Morgan fingerprint density at radius 1 is 1.11 bits per heavy atom. The van der Waals surface area contributed by atoms with Crippen molar-refractivity contribution < 1.29 is 0 Å². The van der Waals surface area contributed by atoms with Crippen LogP contribution in [0.4, 0.5) is 0 Å². The van der Waals surface area contributed by atoms with Crippen molar-refractivity contribution in [1.82, 2.24) is 4.90 Å². The Morgan fingerprint density at radius 2 is 1.61 bits per heavy atom. The topological polar surface area (TPSA) is 27.0 Å². The first-order valence-electron chi connectivity index (χ1n) is 6.67.